The first-order valence-electron chi connectivity index (χ1n) is 6.07. The zero-order chi connectivity index (χ0) is 13.8. The number of aromatic nitrogens is 2. The lowest BCUT2D eigenvalue weighted by molar-refractivity contribution is 0.306. The van der Waals surface area contributed by atoms with Crippen molar-refractivity contribution in [3.8, 4) is 5.75 Å². The van der Waals surface area contributed by atoms with Crippen LogP contribution in [0.2, 0.25) is 5.15 Å². The Labute approximate surface area is 118 Å². The minimum atomic E-state index is 0.657. The van der Waals surface area contributed by atoms with E-state index in [0.717, 1.165) is 24.7 Å². The molecule has 0 aliphatic rings. The Morgan fingerprint density at radius 1 is 1.37 bits per heavy atom. The molecule has 0 spiro atoms. The summed E-state index contributed by atoms with van der Waals surface area (Å²) in [7, 11) is 5.66. The van der Waals surface area contributed by atoms with Gasteiger partial charge in [-0.3, -0.25) is 4.90 Å². The molecule has 0 aliphatic carbocycles. The second-order valence-electron chi connectivity index (χ2n) is 4.58. The van der Waals surface area contributed by atoms with Gasteiger partial charge in [0.05, 0.1) is 19.9 Å². The fraction of sp³-hybridized carbons (Fsp3) is 0.357. The summed E-state index contributed by atoms with van der Waals surface area (Å²) >= 11 is 5.98. The molecule has 0 atom stereocenters. The zero-order valence-electron chi connectivity index (χ0n) is 11.4. The van der Waals surface area contributed by atoms with Gasteiger partial charge in [0.25, 0.3) is 0 Å². The molecule has 0 saturated carbocycles. The highest BCUT2D eigenvalue weighted by molar-refractivity contribution is 6.29. The van der Waals surface area contributed by atoms with Crippen molar-refractivity contribution >= 4 is 11.6 Å². The van der Waals surface area contributed by atoms with Crippen molar-refractivity contribution < 1.29 is 4.74 Å². The summed E-state index contributed by atoms with van der Waals surface area (Å²) in [5.74, 6) is 1.83. The Morgan fingerprint density at radius 3 is 2.79 bits per heavy atom. The van der Waals surface area contributed by atoms with Crippen LogP contribution in [-0.4, -0.2) is 28.6 Å². The Morgan fingerprint density at radius 2 is 2.16 bits per heavy atom. The molecule has 0 unspecified atom stereocenters. The number of methoxy groups -OCH3 is 1. The van der Waals surface area contributed by atoms with Gasteiger partial charge in [-0.1, -0.05) is 23.7 Å². The number of hydrogen-bond donors (Lipinski definition) is 0. The number of rotatable bonds is 5. The lowest BCUT2D eigenvalue weighted by Gasteiger charge is -2.16. The van der Waals surface area contributed by atoms with E-state index >= 15 is 0 Å². The lowest BCUT2D eigenvalue weighted by Crippen LogP contribution is -2.19. The second-order valence-corrected chi connectivity index (χ2v) is 4.97. The summed E-state index contributed by atoms with van der Waals surface area (Å²) < 4.78 is 7.12. The van der Waals surface area contributed by atoms with Crippen molar-refractivity contribution in [1.29, 1.82) is 0 Å². The van der Waals surface area contributed by atoms with Gasteiger partial charge in [-0.15, -0.1) is 0 Å². The van der Waals surface area contributed by atoms with Crippen LogP contribution in [0.4, 0.5) is 0 Å². The monoisotopic (exact) mass is 279 g/mol. The fourth-order valence-electron chi connectivity index (χ4n) is 1.95. The summed E-state index contributed by atoms with van der Waals surface area (Å²) in [5, 5.41) is 0.657. The van der Waals surface area contributed by atoms with Gasteiger partial charge in [0.15, 0.2) is 0 Å². The quantitative estimate of drug-likeness (QED) is 0.843. The van der Waals surface area contributed by atoms with E-state index in [1.807, 2.05) is 29.8 Å². The standard InChI is InChI=1S/C14H18ClN3O/c1-17(10-14-16-8-13(15)18(14)2)9-11-5-4-6-12(7-11)19-3/h4-8H,9-10H2,1-3H3. The molecule has 19 heavy (non-hydrogen) atoms. The van der Waals surface area contributed by atoms with E-state index in [4.69, 9.17) is 16.3 Å². The molecule has 1 aromatic carbocycles. The molecule has 5 heteroatoms. The highest BCUT2D eigenvalue weighted by Crippen LogP contribution is 2.15. The minimum absolute atomic E-state index is 0.657. The van der Waals surface area contributed by atoms with Crippen LogP contribution in [-0.2, 0) is 20.1 Å². The van der Waals surface area contributed by atoms with Crippen LogP contribution in [0.1, 0.15) is 11.4 Å². The Kier molecular flexibility index (Phi) is 4.45. The molecule has 2 aromatic rings. The van der Waals surface area contributed by atoms with Crippen molar-refractivity contribution in [2.75, 3.05) is 14.2 Å². The van der Waals surface area contributed by atoms with E-state index in [1.54, 1.807) is 13.3 Å². The van der Waals surface area contributed by atoms with E-state index in [9.17, 15) is 0 Å². The molecule has 0 aliphatic heterocycles. The molecule has 0 saturated heterocycles. The maximum absolute atomic E-state index is 5.98. The molecule has 1 heterocycles. The van der Waals surface area contributed by atoms with Crippen LogP contribution in [0.3, 0.4) is 0 Å². The van der Waals surface area contributed by atoms with Gasteiger partial charge in [0.2, 0.25) is 0 Å². The predicted molar refractivity (Wildman–Crippen MR) is 76.4 cm³/mol. The number of imidazole rings is 1. The van der Waals surface area contributed by atoms with Gasteiger partial charge in [0, 0.05) is 13.6 Å². The van der Waals surface area contributed by atoms with E-state index in [2.05, 4.69) is 23.0 Å². The molecule has 0 amide bonds. The van der Waals surface area contributed by atoms with E-state index in [0.29, 0.717) is 5.15 Å². The number of benzene rings is 1. The van der Waals surface area contributed by atoms with E-state index in [-0.39, 0.29) is 0 Å². The molecule has 0 radical (unpaired) electrons. The fourth-order valence-corrected chi connectivity index (χ4v) is 2.10. The van der Waals surface area contributed by atoms with Crippen molar-refractivity contribution in [3.63, 3.8) is 0 Å². The number of nitrogens with zero attached hydrogens (tertiary/aromatic N) is 3. The average molecular weight is 280 g/mol. The van der Waals surface area contributed by atoms with Crippen molar-refractivity contribution in [2.24, 2.45) is 7.05 Å². The normalized spacial score (nSPS) is 11.0. The maximum atomic E-state index is 5.98. The third-order valence-corrected chi connectivity index (χ3v) is 3.38. The van der Waals surface area contributed by atoms with Gasteiger partial charge in [-0.25, -0.2) is 4.98 Å². The summed E-state index contributed by atoms with van der Waals surface area (Å²) in [6.45, 7) is 1.59. The van der Waals surface area contributed by atoms with Crippen molar-refractivity contribution in [1.82, 2.24) is 14.5 Å². The smallest absolute Gasteiger partial charge is 0.128 e. The summed E-state index contributed by atoms with van der Waals surface area (Å²) in [6, 6.07) is 8.08. The lowest BCUT2D eigenvalue weighted by atomic mass is 10.2. The number of hydrogen-bond acceptors (Lipinski definition) is 3. The molecular weight excluding hydrogens is 262 g/mol. The first-order chi connectivity index (χ1) is 9.10. The Hall–Kier alpha value is -1.52. The molecule has 2 rings (SSSR count). The third kappa shape index (κ3) is 3.49. The molecule has 102 valence electrons. The molecule has 1 aromatic heterocycles. The SMILES string of the molecule is COc1cccc(CN(C)Cc2ncc(Cl)n2C)c1. The largest absolute Gasteiger partial charge is 0.497 e. The van der Waals surface area contributed by atoms with E-state index < -0.39 is 0 Å². The van der Waals surface area contributed by atoms with Gasteiger partial charge < -0.3 is 9.30 Å². The first kappa shape index (κ1) is 13.9. The first-order valence-corrected chi connectivity index (χ1v) is 6.45. The maximum Gasteiger partial charge on any atom is 0.128 e. The van der Waals surface area contributed by atoms with Crippen LogP contribution >= 0.6 is 11.6 Å². The van der Waals surface area contributed by atoms with Crippen molar-refractivity contribution in [3.05, 3.63) is 47.0 Å². The number of halogens is 1. The summed E-state index contributed by atoms with van der Waals surface area (Å²) in [6.07, 6.45) is 1.68. The Bertz CT molecular complexity index is 553. The van der Waals surface area contributed by atoms with E-state index in [1.165, 1.54) is 5.56 Å². The molecule has 0 bridgehead atoms. The van der Waals surface area contributed by atoms with Crippen LogP contribution < -0.4 is 4.74 Å². The minimum Gasteiger partial charge on any atom is -0.497 e. The van der Waals surface area contributed by atoms with Crippen LogP contribution in [0.15, 0.2) is 30.5 Å². The average Bonchev–Trinajstić information content (AvgIpc) is 2.71. The van der Waals surface area contributed by atoms with Gasteiger partial charge in [0.1, 0.15) is 16.7 Å². The predicted octanol–water partition coefficient (Wildman–Crippen LogP) is 2.71. The van der Waals surface area contributed by atoms with Crippen LogP contribution in [0, 0.1) is 0 Å². The van der Waals surface area contributed by atoms with Gasteiger partial charge >= 0.3 is 0 Å². The third-order valence-electron chi connectivity index (χ3n) is 3.03. The molecule has 0 fully saturated rings. The second kappa shape index (κ2) is 6.08. The Balaban J connectivity index is 2.01. The summed E-state index contributed by atoms with van der Waals surface area (Å²) in [5.41, 5.74) is 1.21. The van der Waals surface area contributed by atoms with Crippen molar-refractivity contribution in [2.45, 2.75) is 13.1 Å². The summed E-state index contributed by atoms with van der Waals surface area (Å²) in [4.78, 5) is 6.48. The molecule has 4 nitrogen and oxygen atoms in total. The molecular formula is C14H18ClN3O. The van der Waals surface area contributed by atoms with Gasteiger partial charge in [-0.2, -0.15) is 0 Å². The highest BCUT2D eigenvalue weighted by atomic mass is 35.5. The van der Waals surface area contributed by atoms with Gasteiger partial charge in [-0.05, 0) is 24.7 Å². The highest BCUT2D eigenvalue weighted by Gasteiger charge is 2.08. The number of ether oxygens (including phenoxy) is 1. The van der Waals surface area contributed by atoms with Crippen LogP contribution in [0.5, 0.6) is 5.75 Å². The zero-order valence-corrected chi connectivity index (χ0v) is 12.2. The molecule has 0 N–H and O–H groups in total. The van der Waals surface area contributed by atoms with Crippen LogP contribution in [0.25, 0.3) is 0 Å². The topological polar surface area (TPSA) is 30.3 Å².